The summed E-state index contributed by atoms with van der Waals surface area (Å²) in [7, 11) is 0. The van der Waals surface area contributed by atoms with E-state index in [0.717, 1.165) is 25.1 Å². The Morgan fingerprint density at radius 1 is 1.50 bits per heavy atom. The molecule has 1 atom stereocenters. The van der Waals surface area contributed by atoms with Crippen LogP contribution in [0, 0.1) is 0 Å². The van der Waals surface area contributed by atoms with E-state index in [9.17, 15) is 4.79 Å². The number of amides is 1. The van der Waals surface area contributed by atoms with Gasteiger partial charge in [0, 0.05) is 24.5 Å². The third kappa shape index (κ3) is 3.26. The van der Waals surface area contributed by atoms with Crippen molar-refractivity contribution in [1.29, 1.82) is 0 Å². The summed E-state index contributed by atoms with van der Waals surface area (Å²) in [6, 6.07) is 1.89. The molecule has 20 heavy (non-hydrogen) atoms. The minimum Gasteiger partial charge on any atom is -0.305 e. The number of aryl methyl sites for hydroxylation is 1. The Hall–Kier alpha value is -2.11. The molecule has 0 unspecified atom stereocenters. The fourth-order valence-corrected chi connectivity index (χ4v) is 2.08. The molecule has 0 saturated heterocycles. The number of carbonyl (C=O) groups is 1. The third-order valence-corrected chi connectivity index (χ3v) is 3.31. The first-order chi connectivity index (χ1) is 9.63. The predicted octanol–water partition coefficient (Wildman–Crippen LogP) is 2.78. The summed E-state index contributed by atoms with van der Waals surface area (Å²) in [4.78, 5) is 12.0. The molecule has 0 fully saturated rings. The molecule has 2 rings (SSSR count). The molecule has 2 aromatic rings. The highest BCUT2D eigenvalue weighted by atomic mass is 16.1. The summed E-state index contributed by atoms with van der Waals surface area (Å²) in [6.07, 6.45) is 5.51. The van der Waals surface area contributed by atoms with Crippen molar-refractivity contribution in [2.24, 2.45) is 0 Å². The molecular weight excluding hydrogens is 254 g/mol. The summed E-state index contributed by atoms with van der Waals surface area (Å²) < 4.78 is 1.72. The number of nitrogens with one attached hydrogen (secondary N) is 2. The van der Waals surface area contributed by atoms with Crippen LogP contribution in [0.2, 0.25) is 0 Å². The SMILES string of the molecule is CCC[C@H](C)c1cc(NC(=O)c2cnn(CC)c2)n[nH]1. The van der Waals surface area contributed by atoms with Crippen LogP contribution in [-0.2, 0) is 6.54 Å². The fraction of sp³-hybridized carbons (Fsp3) is 0.500. The van der Waals surface area contributed by atoms with Crippen molar-refractivity contribution < 1.29 is 4.79 Å². The molecule has 2 aromatic heterocycles. The molecule has 0 spiro atoms. The average molecular weight is 275 g/mol. The van der Waals surface area contributed by atoms with E-state index in [2.05, 4.69) is 34.5 Å². The molecule has 1 amide bonds. The molecule has 0 aliphatic rings. The van der Waals surface area contributed by atoms with Crippen LogP contribution < -0.4 is 5.32 Å². The largest absolute Gasteiger partial charge is 0.305 e. The standard InChI is InChI=1S/C14H21N5O/c1-4-6-10(3)12-7-13(18-17-12)16-14(20)11-8-15-19(5-2)9-11/h7-10H,4-6H2,1-3H3,(H2,16,17,18,20)/t10-/m0/s1. The van der Waals surface area contributed by atoms with Crippen LogP contribution in [0.3, 0.4) is 0 Å². The molecular formula is C14H21N5O. The molecule has 2 N–H and O–H groups in total. The fourth-order valence-electron chi connectivity index (χ4n) is 2.08. The van der Waals surface area contributed by atoms with Gasteiger partial charge in [-0.15, -0.1) is 0 Å². The van der Waals surface area contributed by atoms with Crippen LogP contribution in [0.25, 0.3) is 0 Å². The first-order valence-electron chi connectivity index (χ1n) is 7.03. The van der Waals surface area contributed by atoms with E-state index in [1.807, 2.05) is 13.0 Å². The van der Waals surface area contributed by atoms with Crippen molar-refractivity contribution in [2.45, 2.75) is 46.1 Å². The van der Waals surface area contributed by atoms with E-state index in [1.54, 1.807) is 17.1 Å². The lowest BCUT2D eigenvalue weighted by Gasteiger charge is -2.05. The maximum atomic E-state index is 12.0. The second-order valence-corrected chi connectivity index (χ2v) is 4.94. The zero-order valence-electron chi connectivity index (χ0n) is 12.2. The summed E-state index contributed by atoms with van der Waals surface area (Å²) in [5.74, 6) is 0.782. The van der Waals surface area contributed by atoms with Crippen LogP contribution in [0.15, 0.2) is 18.5 Å². The van der Waals surface area contributed by atoms with Crippen molar-refractivity contribution in [3.63, 3.8) is 0 Å². The van der Waals surface area contributed by atoms with Crippen molar-refractivity contribution in [3.05, 3.63) is 29.7 Å². The van der Waals surface area contributed by atoms with Gasteiger partial charge in [0.1, 0.15) is 0 Å². The zero-order valence-corrected chi connectivity index (χ0v) is 12.2. The number of aromatic nitrogens is 4. The Bertz CT molecular complexity index is 572. The van der Waals surface area contributed by atoms with Gasteiger partial charge in [0.25, 0.3) is 5.91 Å². The lowest BCUT2D eigenvalue weighted by atomic mass is 10.0. The summed E-state index contributed by atoms with van der Waals surface area (Å²) in [5.41, 5.74) is 1.59. The maximum Gasteiger partial charge on any atom is 0.260 e. The summed E-state index contributed by atoms with van der Waals surface area (Å²) >= 11 is 0. The lowest BCUT2D eigenvalue weighted by molar-refractivity contribution is 0.102. The first-order valence-corrected chi connectivity index (χ1v) is 7.03. The van der Waals surface area contributed by atoms with Crippen molar-refractivity contribution in [2.75, 3.05) is 5.32 Å². The highest BCUT2D eigenvalue weighted by Gasteiger charge is 2.12. The van der Waals surface area contributed by atoms with Gasteiger partial charge in [0.05, 0.1) is 11.8 Å². The van der Waals surface area contributed by atoms with E-state index in [0.29, 0.717) is 17.3 Å². The quantitative estimate of drug-likeness (QED) is 0.851. The molecule has 108 valence electrons. The molecule has 0 aliphatic carbocycles. The van der Waals surface area contributed by atoms with E-state index in [1.165, 1.54) is 0 Å². The highest BCUT2D eigenvalue weighted by Crippen LogP contribution is 2.20. The average Bonchev–Trinajstić information content (AvgIpc) is 3.07. The van der Waals surface area contributed by atoms with E-state index >= 15 is 0 Å². The normalized spacial score (nSPS) is 12.3. The van der Waals surface area contributed by atoms with E-state index in [4.69, 9.17) is 0 Å². The number of nitrogens with zero attached hydrogens (tertiary/aromatic N) is 3. The number of hydrogen-bond acceptors (Lipinski definition) is 3. The van der Waals surface area contributed by atoms with Gasteiger partial charge in [-0.25, -0.2) is 0 Å². The smallest absolute Gasteiger partial charge is 0.260 e. The van der Waals surface area contributed by atoms with E-state index in [-0.39, 0.29) is 5.91 Å². The molecule has 0 aromatic carbocycles. The van der Waals surface area contributed by atoms with Crippen LogP contribution in [0.5, 0.6) is 0 Å². The predicted molar refractivity (Wildman–Crippen MR) is 77.8 cm³/mol. The Morgan fingerprint density at radius 2 is 2.30 bits per heavy atom. The Labute approximate surface area is 118 Å². The van der Waals surface area contributed by atoms with Crippen LogP contribution >= 0.6 is 0 Å². The Balaban J connectivity index is 2.01. The summed E-state index contributed by atoms with van der Waals surface area (Å²) in [6.45, 7) is 7.02. The monoisotopic (exact) mass is 275 g/mol. The second-order valence-electron chi connectivity index (χ2n) is 4.94. The molecule has 0 saturated carbocycles. The zero-order chi connectivity index (χ0) is 14.5. The molecule has 6 heteroatoms. The van der Waals surface area contributed by atoms with Gasteiger partial charge in [-0.1, -0.05) is 20.3 Å². The van der Waals surface area contributed by atoms with Crippen molar-refractivity contribution in [1.82, 2.24) is 20.0 Å². The third-order valence-electron chi connectivity index (χ3n) is 3.31. The van der Waals surface area contributed by atoms with Gasteiger partial charge in [-0.2, -0.15) is 10.2 Å². The highest BCUT2D eigenvalue weighted by molar-refractivity contribution is 6.03. The topological polar surface area (TPSA) is 75.6 Å². The van der Waals surface area contributed by atoms with Crippen molar-refractivity contribution in [3.8, 4) is 0 Å². The van der Waals surface area contributed by atoms with Gasteiger partial charge < -0.3 is 5.32 Å². The van der Waals surface area contributed by atoms with Gasteiger partial charge in [-0.3, -0.25) is 14.6 Å². The number of rotatable bonds is 6. The van der Waals surface area contributed by atoms with E-state index < -0.39 is 0 Å². The molecule has 0 aliphatic heterocycles. The van der Waals surface area contributed by atoms with Crippen LogP contribution in [0.1, 0.15) is 55.6 Å². The minimum absolute atomic E-state index is 0.189. The number of hydrogen-bond donors (Lipinski definition) is 2. The molecule has 2 heterocycles. The number of aromatic amines is 1. The van der Waals surface area contributed by atoms with Crippen molar-refractivity contribution >= 4 is 11.7 Å². The molecule has 0 radical (unpaired) electrons. The summed E-state index contributed by atoms with van der Waals surface area (Å²) in [5, 5.41) is 14.0. The number of H-pyrrole nitrogens is 1. The van der Waals surface area contributed by atoms with Crippen LogP contribution in [-0.4, -0.2) is 25.9 Å². The Morgan fingerprint density at radius 3 is 2.95 bits per heavy atom. The van der Waals surface area contributed by atoms with Gasteiger partial charge in [0.15, 0.2) is 5.82 Å². The maximum absolute atomic E-state index is 12.0. The first kappa shape index (κ1) is 14.3. The van der Waals surface area contributed by atoms with Crippen LogP contribution in [0.4, 0.5) is 5.82 Å². The Kier molecular flexibility index (Phi) is 4.55. The number of anilines is 1. The molecule has 6 nitrogen and oxygen atoms in total. The van der Waals surface area contributed by atoms with Gasteiger partial charge in [-0.05, 0) is 19.3 Å². The van der Waals surface area contributed by atoms with Gasteiger partial charge in [0.2, 0.25) is 0 Å². The molecule has 0 bridgehead atoms. The minimum atomic E-state index is -0.189. The lowest BCUT2D eigenvalue weighted by Crippen LogP contribution is -2.11. The second kappa shape index (κ2) is 6.36. The van der Waals surface area contributed by atoms with Gasteiger partial charge >= 0.3 is 0 Å². The number of carbonyl (C=O) groups excluding carboxylic acids is 1.